The first-order valence-corrected chi connectivity index (χ1v) is 10.5. The quantitative estimate of drug-likeness (QED) is 0.603. The van der Waals surface area contributed by atoms with Crippen molar-refractivity contribution in [1.29, 1.82) is 0 Å². The Morgan fingerprint density at radius 2 is 1.88 bits per heavy atom. The summed E-state index contributed by atoms with van der Waals surface area (Å²) < 4.78 is 29.3. The third-order valence-electron chi connectivity index (χ3n) is 3.64. The number of nitrogens with two attached hydrogens (primary N) is 1. The van der Waals surface area contributed by atoms with E-state index in [4.69, 9.17) is 9.88 Å². The van der Waals surface area contributed by atoms with Crippen LogP contribution in [0.4, 0.5) is 0 Å². The number of rotatable bonds is 9. The molecule has 0 aliphatic heterocycles. The van der Waals surface area contributed by atoms with Crippen LogP contribution < -0.4 is 15.2 Å². The second-order valence-electron chi connectivity index (χ2n) is 5.72. The van der Waals surface area contributed by atoms with Crippen LogP contribution in [0.5, 0.6) is 5.75 Å². The lowest BCUT2D eigenvalue weighted by molar-refractivity contribution is 0.313. The smallest absolute Gasteiger partial charge is 0.238 e. The molecule has 25 heavy (non-hydrogen) atoms. The number of primary sulfonamides is 1. The summed E-state index contributed by atoms with van der Waals surface area (Å²) in [6.07, 6.45) is 1.77. The molecular formula is C18H23BrN2O3S. The fourth-order valence-corrected chi connectivity index (χ4v) is 3.26. The molecule has 0 saturated heterocycles. The molecule has 0 fully saturated rings. The lowest BCUT2D eigenvalue weighted by Gasteiger charge is -2.12. The molecule has 0 saturated carbocycles. The molecule has 0 atom stereocenters. The number of ether oxygens (including phenoxy) is 1. The van der Waals surface area contributed by atoms with Crippen molar-refractivity contribution in [3.05, 3.63) is 58.1 Å². The topological polar surface area (TPSA) is 81.4 Å². The van der Waals surface area contributed by atoms with Crippen molar-refractivity contribution in [3.63, 3.8) is 0 Å². The summed E-state index contributed by atoms with van der Waals surface area (Å²) in [5.74, 6) is 0.898. The van der Waals surface area contributed by atoms with Crippen molar-refractivity contribution >= 4 is 26.0 Å². The first-order chi connectivity index (χ1) is 11.9. The fourth-order valence-electron chi connectivity index (χ4n) is 2.34. The first kappa shape index (κ1) is 19.9. The molecule has 0 amide bonds. The molecule has 3 N–H and O–H groups in total. The van der Waals surface area contributed by atoms with Crippen molar-refractivity contribution < 1.29 is 13.2 Å². The van der Waals surface area contributed by atoms with Crippen LogP contribution in [0.15, 0.2) is 51.8 Å². The molecular weight excluding hydrogens is 404 g/mol. The second-order valence-corrected chi connectivity index (χ2v) is 8.19. The average Bonchev–Trinajstić information content (AvgIpc) is 2.57. The van der Waals surface area contributed by atoms with Gasteiger partial charge in [0.2, 0.25) is 10.0 Å². The number of hydrogen-bond donors (Lipinski definition) is 2. The van der Waals surface area contributed by atoms with E-state index in [-0.39, 0.29) is 4.90 Å². The van der Waals surface area contributed by atoms with Crippen molar-refractivity contribution in [1.82, 2.24) is 5.32 Å². The molecule has 5 nitrogen and oxygen atoms in total. The van der Waals surface area contributed by atoms with Gasteiger partial charge in [-0.15, -0.1) is 0 Å². The number of halogens is 1. The van der Waals surface area contributed by atoms with Crippen molar-refractivity contribution in [2.24, 2.45) is 5.14 Å². The minimum atomic E-state index is -3.63. The highest BCUT2D eigenvalue weighted by molar-refractivity contribution is 9.10. The van der Waals surface area contributed by atoms with E-state index in [1.54, 1.807) is 12.1 Å². The third-order valence-corrected chi connectivity index (χ3v) is 5.06. The van der Waals surface area contributed by atoms with Crippen molar-refractivity contribution in [3.8, 4) is 5.75 Å². The van der Waals surface area contributed by atoms with Gasteiger partial charge >= 0.3 is 0 Å². The molecule has 136 valence electrons. The largest absolute Gasteiger partial charge is 0.493 e. The van der Waals surface area contributed by atoms with E-state index in [2.05, 4.69) is 34.2 Å². The van der Waals surface area contributed by atoms with Crippen LogP contribution in [0.2, 0.25) is 0 Å². The second kappa shape index (κ2) is 9.33. The van der Waals surface area contributed by atoms with Crippen LogP contribution >= 0.6 is 15.9 Å². The molecule has 7 heteroatoms. The minimum absolute atomic E-state index is 0.135. The van der Waals surface area contributed by atoms with Gasteiger partial charge < -0.3 is 10.1 Å². The maximum atomic E-state index is 11.2. The Kier molecular flexibility index (Phi) is 7.43. The van der Waals surface area contributed by atoms with Crippen LogP contribution in [0.1, 0.15) is 24.5 Å². The Labute approximate surface area is 157 Å². The highest BCUT2D eigenvalue weighted by Gasteiger charge is 2.07. The van der Waals surface area contributed by atoms with Gasteiger partial charge in [0.1, 0.15) is 5.75 Å². The maximum absolute atomic E-state index is 11.2. The standard InChI is InChI=1S/C18H23BrN2O3S/c1-2-11-24-18-8-5-16(19)12-15(18)13-21-10-9-14-3-6-17(7-4-14)25(20,22)23/h3-8,12,21H,2,9-11,13H2,1H3,(H2,20,22,23). The molecule has 0 unspecified atom stereocenters. The summed E-state index contributed by atoms with van der Waals surface area (Å²) >= 11 is 3.49. The monoisotopic (exact) mass is 426 g/mol. The normalized spacial score (nSPS) is 11.5. The Hall–Kier alpha value is -1.41. The van der Waals surface area contributed by atoms with Crippen molar-refractivity contribution in [2.75, 3.05) is 13.2 Å². The highest BCUT2D eigenvalue weighted by Crippen LogP contribution is 2.23. The highest BCUT2D eigenvalue weighted by atomic mass is 79.9. The van der Waals surface area contributed by atoms with Gasteiger partial charge in [0.15, 0.2) is 0 Å². The molecule has 0 aliphatic carbocycles. The minimum Gasteiger partial charge on any atom is -0.493 e. The molecule has 0 bridgehead atoms. The number of hydrogen-bond acceptors (Lipinski definition) is 4. The lowest BCUT2D eigenvalue weighted by atomic mass is 10.1. The summed E-state index contributed by atoms with van der Waals surface area (Å²) in [5.41, 5.74) is 2.16. The molecule has 0 aliphatic rings. The number of sulfonamides is 1. The Morgan fingerprint density at radius 3 is 2.52 bits per heavy atom. The maximum Gasteiger partial charge on any atom is 0.238 e. The number of nitrogens with one attached hydrogen (secondary N) is 1. The van der Waals surface area contributed by atoms with E-state index in [0.717, 1.165) is 40.7 Å². The van der Waals surface area contributed by atoms with Gasteiger partial charge in [0, 0.05) is 16.6 Å². The van der Waals surface area contributed by atoms with Gasteiger partial charge in [0.05, 0.1) is 11.5 Å². The van der Waals surface area contributed by atoms with Crippen LogP contribution in [0, 0.1) is 0 Å². The molecule has 0 radical (unpaired) electrons. The zero-order valence-corrected chi connectivity index (χ0v) is 16.6. The predicted molar refractivity (Wildman–Crippen MR) is 103 cm³/mol. The van der Waals surface area contributed by atoms with Gasteiger partial charge in [-0.2, -0.15) is 0 Å². The summed E-state index contributed by atoms with van der Waals surface area (Å²) in [6.45, 7) is 4.26. The predicted octanol–water partition coefficient (Wildman–Crippen LogP) is 3.22. The first-order valence-electron chi connectivity index (χ1n) is 8.14. The molecule has 2 rings (SSSR count). The summed E-state index contributed by atoms with van der Waals surface area (Å²) in [4.78, 5) is 0.135. The van der Waals surface area contributed by atoms with E-state index in [1.807, 2.05) is 12.1 Å². The van der Waals surface area contributed by atoms with Crippen LogP contribution in [-0.2, 0) is 23.0 Å². The lowest BCUT2D eigenvalue weighted by Crippen LogP contribution is -2.17. The average molecular weight is 427 g/mol. The van der Waals surface area contributed by atoms with Gasteiger partial charge in [0.25, 0.3) is 0 Å². The van der Waals surface area contributed by atoms with Crippen molar-refractivity contribution in [2.45, 2.75) is 31.2 Å². The molecule has 2 aromatic rings. The molecule has 0 aromatic heterocycles. The summed E-state index contributed by atoms with van der Waals surface area (Å²) in [5, 5.41) is 8.49. The van der Waals surface area contributed by atoms with Gasteiger partial charge in [-0.1, -0.05) is 35.0 Å². The van der Waals surface area contributed by atoms with Gasteiger partial charge in [-0.25, -0.2) is 13.6 Å². The van der Waals surface area contributed by atoms with E-state index in [1.165, 1.54) is 12.1 Å². The molecule has 2 aromatic carbocycles. The van der Waals surface area contributed by atoms with E-state index in [9.17, 15) is 8.42 Å². The Balaban J connectivity index is 1.88. The van der Waals surface area contributed by atoms with E-state index < -0.39 is 10.0 Å². The third kappa shape index (κ3) is 6.43. The zero-order chi connectivity index (χ0) is 18.3. The van der Waals surface area contributed by atoms with Crippen LogP contribution in [-0.4, -0.2) is 21.6 Å². The molecule has 0 spiro atoms. The Bertz CT molecular complexity index is 792. The van der Waals surface area contributed by atoms with Crippen LogP contribution in [0.3, 0.4) is 0 Å². The number of benzene rings is 2. The van der Waals surface area contributed by atoms with Crippen LogP contribution in [0.25, 0.3) is 0 Å². The van der Waals surface area contributed by atoms with E-state index in [0.29, 0.717) is 13.2 Å². The van der Waals surface area contributed by atoms with Gasteiger partial charge in [-0.05, 0) is 55.3 Å². The fraction of sp³-hybridized carbons (Fsp3) is 0.333. The molecule has 0 heterocycles. The summed E-state index contributed by atoms with van der Waals surface area (Å²) in [6, 6.07) is 12.7. The SMILES string of the molecule is CCCOc1ccc(Br)cc1CNCCc1ccc(S(N)(=O)=O)cc1. The summed E-state index contributed by atoms with van der Waals surface area (Å²) in [7, 11) is -3.63. The van der Waals surface area contributed by atoms with E-state index >= 15 is 0 Å². The Morgan fingerprint density at radius 1 is 1.16 bits per heavy atom. The zero-order valence-electron chi connectivity index (χ0n) is 14.2. The van der Waals surface area contributed by atoms with Gasteiger partial charge in [-0.3, -0.25) is 0 Å².